The van der Waals surface area contributed by atoms with Crippen molar-refractivity contribution >= 4 is 38.9 Å². The van der Waals surface area contributed by atoms with E-state index in [2.05, 4.69) is 15.5 Å². The van der Waals surface area contributed by atoms with Crippen molar-refractivity contribution in [2.75, 3.05) is 12.0 Å². The van der Waals surface area contributed by atoms with Crippen LogP contribution in [0.1, 0.15) is 5.56 Å². The van der Waals surface area contributed by atoms with Crippen LogP contribution >= 0.6 is 11.8 Å². The van der Waals surface area contributed by atoms with E-state index >= 15 is 0 Å². The van der Waals surface area contributed by atoms with E-state index in [1.165, 1.54) is 17.8 Å². The van der Waals surface area contributed by atoms with E-state index in [4.69, 9.17) is 0 Å². The maximum absolute atomic E-state index is 13.2. The number of carbonyl (C=O) groups excluding carboxylic acids is 1. The van der Waals surface area contributed by atoms with Crippen LogP contribution in [0, 0.1) is 5.82 Å². The quantitative estimate of drug-likeness (QED) is 0.507. The van der Waals surface area contributed by atoms with Crippen LogP contribution in [-0.4, -0.2) is 37.7 Å². The first kappa shape index (κ1) is 14.7. The number of hydrogen-bond acceptors (Lipinski definition) is 6. The van der Waals surface area contributed by atoms with Crippen LogP contribution in [0.15, 0.2) is 33.3 Å². The molecule has 1 heterocycles. The lowest BCUT2D eigenvalue weighted by molar-refractivity contribution is -0.116. The summed E-state index contributed by atoms with van der Waals surface area (Å²) in [5.41, 5.74) is 0.103. The minimum absolute atomic E-state index is 0.0361. The fourth-order valence-corrected chi connectivity index (χ4v) is 2.97. The van der Waals surface area contributed by atoms with Crippen molar-refractivity contribution in [2.45, 2.75) is 4.90 Å². The second-order valence-electron chi connectivity index (χ2n) is 3.94. The molecule has 1 aliphatic heterocycles. The number of rotatable bonds is 3. The molecule has 1 fully saturated rings. The maximum Gasteiger partial charge on any atom is 0.236 e. The van der Waals surface area contributed by atoms with Crippen molar-refractivity contribution < 1.29 is 17.6 Å². The molecule has 1 N–H and O–H groups in total. The second-order valence-corrected chi connectivity index (χ2v) is 6.89. The maximum atomic E-state index is 13.2. The van der Waals surface area contributed by atoms with Crippen LogP contribution in [0.25, 0.3) is 0 Å². The van der Waals surface area contributed by atoms with E-state index in [1.807, 2.05) is 0 Å². The summed E-state index contributed by atoms with van der Waals surface area (Å²) in [6, 6.07) is 3.29. The van der Waals surface area contributed by atoms with Gasteiger partial charge in [0.25, 0.3) is 0 Å². The first-order chi connectivity index (χ1) is 9.36. The Balaban J connectivity index is 2.29. The summed E-state index contributed by atoms with van der Waals surface area (Å²) in [5.74, 6) is -0.482. The summed E-state index contributed by atoms with van der Waals surface area (Å²) in [6.07, 6.45) is 2.16. The Labute approximate surface area is 119 Å². The van der Waals surface area contributed by atoms with Gasteiger partial charge in [-0.05, 0) is 18.2 Å². The van der Waals surface area contributed by atoms with Crippen molar-refractivity contribution in [3.05, 3.63) is 29.6 Å². The van der Waals surface area contributed by atoms with Crippen LogP contribution in [0.4, 0.5) is 4.39 Å². The molecule has 1 aromatic carbocycles. The Hall–Kier alpha value is -1.74. The number of amides is 1. The largest absolute Gasteiger partial charge is 0.303 e. The van der Waals surface area contributed by atoms with Gasteiger partial charge in [0.05, 0.1) is 16.9 Å². The Morgan fingerprint density at radius 3 is 2.80 bits per heavy atom. The number of thioether (sulfide) groups is 1. The van der Waals surface area contributed by atoms with E-state index in [1.54, 1.807) is 0 Å². The predicted octanol–water partition coefficient (Wildman–Crippen LogP) is 0.782. The van der Waals surface area contributed by atoms with Gasteiger partial charge in [-0.2, -0.15) is 5.10 Å². The molecule has 20 heavy (non-hydrogen) atoms. The summed E-state index contributed by atoms with van der Waals surface area (Å²) >= 11 is 1.18. The first-order valence-corrected chi connectivity index (χ1v) is 8.27. The Morgan fingerprint density at radius 1 is 1.45 bits per heavy atom. The molecule has 9 heteroatoms. The summed E-state index contributed by atoms with van der Waals surface area (Å²) in [7, 11) is -3.49. The molecule has 0 aliphatic carbocycles. The number of carbonyl (C=O) groups is 1. The topological polar surface area (TPSA) is 88.0 Å². The molecule has 1 saturated heterocycles. The lowest BCUT2D eigenvalue weighted by atomic mass is 10.2. The van der Waals surface area contributed by atoms with Gasteiger partial charge in [0, 0.05) is 11.8 Å². The molecule has 0 unspecified atom stereocenters. The number of amidine groups is 1. The summed E-state index contributed by atoms with van der Waals surface area (Å²) < 4.78 is 36.3. The third kappa shape index (κ3) is 3.64. The SMILES string of the molecule is CS(=O)(=O)c1ccc(F)cc1C=NN=C1NC(=O)CS1. The normalized spacial score (nSPS) is 17.9. The zero-order chi connectivity index (χ0) is 14.8. The molecule has 0 bridgehead atoms. The lowest BCUT2D eigenvalue weighted by Crippen LogP contribution is -2.19. The fraction of sp³-hybridized carbons (Fsp3) is 0.182. The van der Waals surface area contributed by atoms with Crippen molar-refractivity contribution in [3.63, 3.8) is 0 Å². The zero-order valence-electron chi connectivity index (χ0n) is 10.3. The summed E-state index contributed by atoms with van der Waals surface area (Å²) in [4.78, 5) is 10.9. The van der Waals surface area contributed by atoms with Gasteiger partial charge in [0.1, 0.15) is 5.82 Å². The number of nitrogens with zero attached hydrogens (tertiary/aromatic N) is 2. The van der Waals surface area contributed by atoms with E-state index in [0.717, 1.165) is 24.6 Å². The molecule has 6 nitrogen and oxygen atoms in total. The van der Waals surface area contributed by atoms with E-state index in [-0.39, 0.29) is 22.1 Å². The van der Waals surface area contributed by atoms with Gasteiger partial charge in [-0.25, -0.2) is 12.8 Å². The number of benzene rings is 1. The van der Waals surface area contributed by atoms with E-state index in [0.29, 0.717) is 5.17 Å². The third-order valence-corrected chi connectivity index (χ3v) is 4.34. The van der Waals surface area contributed by atoms with Crippen molar-refractivity contribution in [1.29, 1.82) is 0 Å². The van der Waals surface area contributed by atoms with Crippen LogP contribution < -0.4 is 5.32 Å². The highest BCUT2D eigenvalue weighted by atomic mass is 32.2. The highest BCUT2D eigenvalue weighted by molar-refractivity contribution is 8.15. The highest BCUT2D eigenvalue weighted by Crippen LogP contribution is 2.15. The molecule has 1 aromatic rings. The molecule has 0 spiro atoms. The van der Waals surface area contributed by atoms with Crippen molar-refractivity contribution in [1.82, 2.24) is 5.32 Å². The summed E-state index contributed by atoms with van der Waals surface area (Å²) in [5, 5.41) is 10.2. The monoisotopic (exact) mass is 315 g/mol. The second kappa shape index (κ2) is 5.71. The third-order valence-electron chi connectivity index (χ3n) is 2.30. The minimum atomic E-state index is -3.49. The van der Waals surface area contributed by atoms with Crippen molar-refractivity contribution in [2.24, 2.45) is 10.2 Å². The highest BCUT2D eigenvalue weighted by Gasteiger charge is 2.16. The number of hydrogen-bond donors (Lipinski definition) is 1. The molecule has 2 rings (SSSR count). The number of halogens is 1. The smallest absolute Gasteiger partial charge is 0.236 e. The Kier molecular flexibility index (Phi) is 4.19. The van der Waals surface area contributed by atoms with Crippen LogP contribution in [-0.2, 0) is 14.6 Å². The number of nitrogens with one attached hydrogen (secondary N) is 1. The average molecular weight is 315 g/mol. The molecule has 1 amide bonds. The first-order valence-electron chi connectivity index (χ1n) is 5.39. The van der Waals surface area contributed by atoms with Gasteiger partial charge >= 0.3 is 0 Å². The van der Waals surface area contributed by atoms with Gasteiger partial charge in [0.2, 0.25) is 5.91 Å². The predicted molar refractivity (Wildman–Crippen MR) is 75.1 cm³/mol. The van der Waals surface area contributed by atoms with Gasteiger partial charge < -0.3 is 5.32 Å². The Bertz CT molecular complexity index is 714. The molecule has 0 aromatic heterocycles. The standard InChI is InChI=1S/C11H10FN3O3S2/c1-20(17,18)9-3-2-8(12)4-7(9)5-13-15-11-14-10(16)6-19-11/h2-5H,6H2,1H3,(H,14,15,16). The fourth-order valence-electron chi connectivity index (χ4n) is 1.48. The summed E-state index contributed by atoms with van der Waals surface area (Å²) in [6.45, 7) is 0. The average Bonchev–Trinajstić information content (AvgIpc) is 2.73. The molecule has 0 atom stereocenters. The van der Waals surface area contributed by atoms with Crippen LogP contribution in [0.5, 0.6) is 0 Å². The van der Waals surface area contributed by atoms with Crippen LogP contribution in [0.3, 0.4) is 0 Å². The van der Waals surface area contributed by atoms with E-state index in [9.17, 15) is 17.6 Å². The van der Waals surface area contributed by atoms with Gasteiger partial charge in [-0.3, -0.25) is 4.79 Å². The van der Waals surface area contributed by atoms with Crippen LogP contribution in [0.2, 0.25) is 0 Å². The molecular weight excluding hydrogens is 305 g/mol. The van der Waals surface area contributed by atoms with Gasteiger partial charge in [-0.15, -0.1) is 5.10 Å². The molecule has 106 valence electrons. The van der Waals surface area contributed by atoms with Gasteiger partial charge in [0.15, 0.2) is 15.0 Å². The molecular formula is C11H10FN3O3S2. The minimum Gasteiger partial charge on any atom is -0.303 e. The zero-order valence-corrected chi connectivity index (χ0v) is 12.0. The van der Waals surface area contributed by atoms with Crippen molar-refractivity contribution in [3.8, 4) is 0 Å². The molecule has 0 radical (unpaired) electrons. The molecule has 0 saturated carbocycles. The lowest BCUT2D eigenvalue weighted by Gasteiger charge is -2.02. The molecule has 1 aliphatic rings. The Morgan fingerprint density at radius 2 is 2.20 bits per heavy atom. The number of sulfone groups is 1. The van der Waals surface area contributed by atoms with E-state index < -0.39 is 15.7 Å². The van der Waals surface area contributed by atoms with Gasteiger partial charge in [-0.1, -0.05) is 11.8 Å².